The first-order valence-corrected chi connectivity index (χ1v) is 6.54. The number of nitrogens with zero attached hydrogens (tertiary/aromatic N) is 2. The van der Waals surface area contributed by atoms with Gasteiger partial charge in [0.05, 0.1) is 0 Å². The molecule has 1 aliphatic heterocycles. The van der Waals surface area contributed by atoms with Crippen LogP contribution in [0.25, 0.3) is 0 Å². The van der Waals surface area contributed by atoms with Crippen LogP contribution in [0.3, 0.4) is 0 Å². The number of hydrogen-bond acceptors (Lipinski definition) is 3. The zero-order chi connectivity index (χ0) is 12.4. The van der Waals surface area contributed by atoms with E-state index in [1.165, 1.54) is 18.4 Å². The summed E-state index contributed by atoms with van der Waals surface area (Å²) in [6, 6.07) is 4.80. The molecule has 2 heterocycles. The number of nitrogens with two attached hydrogens (primary N) is 1. The summed E-state index contributed by atoms with van der Waals surface area (Å²) in [7, 11) is 0. The van der Waals surface area contributed by atoms with Crippen LogP contribution >= 0.6 is 0 Å². The zero-order valence-electron chi connectivity index (χ0n) is 11.1. The standard InChI is InChI=1S/C14H23N3/c1-10-4-5-12(3)17(9-10)14-7-13(8-15)6-11(2)16-14/h6-7,10,12H,4-5,8-9,15H2,1-3H3. The number of aryl methyl sites for hydroxylation is 1. The molecule has 1 aliphatic rings. The van der Waals surface area contributed by atoms with Gasteiger partial charge in [-0.25, -0.2) is 4.98 Å². The summed E-state index contributed by atoms with van der Waals surface area (Å²) >= 11 is 0. The SMILES string of the molecule is Cc1cc(CN)cc(N2CC(C)CCC2C)n1. The predicted octanol–water partition coefficient (Wildman–Crippen LogP) is 2.47. The first-order valence-electron chi connectivity index (χ1n) is 6.54. The molecule has 2 unspecified atom stereocenters. The van der Waals surface area contributed by atoms with Gasteiger partial charge in [-0.15, -0.1) is 0 Å². The molecule has 3 heteroatoms. The lowest BCUT2D eigenvalue weighted by atomic mass is 9.95. The topological polar surface area (TPSA) is 42.1 Å². The molecule has 94 valence electrons. The largest absolute Gasteiger partial charge is 0.354 e. The Bertz CT molecular complexity index is 389. The Morgan fingerprint density at radius 3 is 2.82 bits per heavy atom. The summed E-state index contributed by atoms with van der Waals surface area (Å²) < 4.78 is 0. The molecule has 2 N–H and O–H groups in total. The minimum absolute atomic E-state index is 0.589. The van der Waals surface area contributed by atoms with Gasteiger partial charge in [-0.3, -0.25) is 0 Å². The van der Waals surface area contributed by atoms with Crippen molar-refractivity contribution in [2.45, 2.75) is 46.2 Å². The Balaban J connectivity index is 2.28. The number of anilines is 1. The van der Waals surface area contributed by atoms with E-state index in [2.05, 4.69) is 35.9 Å². The van der Waals surface area contributed by atoms with Gasteiger partial charge in [-0.1, -0.05) is 6.92 Å². The van der Waals surface area contributed by atoms with Crippen LogP contribution in [-0.4, -0.2) is 17.6 Å². The third-order valence-electron chi connectivity index (χ3n) is 3.65. The van der Waals surface area contributed by atoms with Gasteiger partial charge >= 0.3 is 0 Å². The Morgan fingerprint density at radius 2 is 2.12 bits per heavy atom. The Labute approximate surface area is 104 Å². The van der Waals surface area contributed by atoms with Crippen LogP contribution in [0.4, 0.5) is 5.82 Å². The number of hydrogen-bond donors (Lipinski definition) is 1. The Kier molecular flexibility index (Phi) is 3.67. The van der Waals surface area contributed by atoms with Crippen molar-refractivity contribution in [1.29, 1.82) is 0 Å². The third-order valence-corrected chi connectivity index (χ3v) is 3.65. The van der Waals surface area contributed by atoms with Crippen molar-refractivity contribution >= 4 is 5.82 Å². The summed E-state index contributed by atoms with van der Waals surface area (Å²) in [6.45, 7) is 8.35. The molecule has 0 aliphatic carbocycles. The van der Waals surface area contributed by atoms with Crippen LogP contribution in [0, 0.1) is 12.8 Å². The van der Waals surface area contributed by atoms with Crippen LogP contribution in [0.2, 0.25) is 0 Å². The van der Waals surface area contributed by atoms with Gasteiger partial charge in [-0.05, 0) is 50.3 Å². The maximum absolute atomic E-state index is 5.73. The molecule has 0 aromatic carbocycles. The summed E-state index contributed by atoms with van der Waals surface area (Å²) in [6.07, 6.45) is 2.59. The lowest BCUT2D eigenvalue weighted by molar-refractivity contribution is 0.388. The molecule has 1 fully saturated rings. The highest BCUT2D eigenvalue weighted by molar-refractivity contribution is 5.44. The van der Waals surface area contributed by atoms with Crippen LogP contribution < -0.4 is 10.6 Å². The number of rotatable bonds is 2. The number of aromatic nitrogens is 1. The highest BCUT2D eigenvalue weighted by Gasteiger charge is 2.24. The first kappa shape index (κ1) is 12.4. The first-order chi connectivity index (χ1) is 8.10. The Morgan fingerprint density at radius 1 is 1.35 bits per heavy atom. The van der Waals surface area contributed by atoms with E-state index in [1.807, 2.05) is 6.92 Å². The molecule has 17 heavy (non-hydrogen) atoms. The molecule has 1 aromatic rings. The van der Waals surface area contributed by atoms with Crippen molar-refractivity contribution in [3.05, 3.63) is 23.4 Å². The second-order valence-corrected chi connectivity index (χ2v) is 5.36. The fourth-order valence-corrected chi connectivity index (χ4v) is 2.59. The summed E-state index contributed by atoms with van der Waals surface area (Å²) in [4.78, 5) is 7.09. The van der Waals surface area contributed by atoms with Crippen molar-refractivity contribution in [2.75, 3.05) is 11.4 Å². The summed E-state index contributed by atoms with van der Waals surface area (Å²) in [5.41, 5.74) is 7.97. The van der Waals surface area contributed by atoms with Crippen LogP contribution in [0.15, 0.2) is 12.1 Å². The second-order valence-electron chi connectivity index (χ2n) is 5.36. The van der Waals surface area contributed by atoms with Gasteiger partial charge < -0.3 is 10.6 Å². The van der Waals surface area contributed by atoms with Gasteiger partial charge in [0.25, 0.3) is 0 Å². The van der Waals surface area contributed by atoms with Crippen molar-refractivity contribution in [1.82, 2.24) is 4.98 Å². The molecular weight excluding hydrogens is 210 g/mol. The van der Waals surface area contributed by atoms with Gasteiger partial charge in [0, 0.05) is 24.8 Å². The molecule has 0 amide bonds. The fraction of sp³-hybridized carbons (Fsp3) is 0.643. The molecule has 2 rings (SSSR count). The van der Waals surface area contributed by atoms with Gasteiger partial charge in [0.1, 0.15) is 5.82 Å². The number of piperidine rings is 1. The van der Waals surface area contributed by atoms with Crippen molar-refractivity contribution in [3.8, 4) is 0 Å². The number of pyridine rings is 1. The molecule has 3 nitrogen and oxygen atoms in total. The normalized spacial score (nSPS) is 25.1. The maximum atomic E-state index is 5.73. The summed E-state index contributed by atoms with van der Waals surface area (Å²) in [5, 5.41) is 0. The van der Waals surface area contributed by atoms with E-state index in [1.54, 1.807) is 0 Å². The second kappa shape index (κ2) is 5.05. The predicted molar refractivity (Wildman–Crippen MR) is 72.1 cm³/mol. The van der Waals surface area contributed by atoms with E-state index in [9.17, 15) is 0 Å². The molecule has 2 atom stereocenters. The van der Waals surface area contributed by atoms with Crippen molar-refractivity contribution in [3.63, 3.8) is 0 Å². The lowest BCUT2D eigenvalue weighted by Crippen LogP contribution is -2.41. The molecule has 0 radical (unpaired) electrons. The molecule has 1 saturated heterocycles. The average Bonchev–Trinajstić information content (AvgIpc) is 2.31. The van der Waals surface area contributed by atoms with E-state index < -0.39 is 0 Å². The lowest BCUT2D eigenvalue weighted by Gasteiger charge is -2.38. The van der Waals surface area contributed by atoms with Gasteiger partial charge in [0.15, 0.2) is 0 Å². The smallest absolute Gasteiger partial charge is 0.129 e. The van der Waals surface area contributed by atoms with E-state index in [0.717, 1.165) is 24.0 Å². The van der Waals surface area contributed by atoms with E-state index in [0.29, 0.717) is 12.6 Å². The van der Waals surface area contributed by atoms with Crippen LogP contribution in [0.5, 0.6) is 0 Å². The Hall–Kier alpha value is -1.09. The quantitative estimate of drug-likeness (QED) is 0.853. The molecule has 0 spiro atoms. The highest BCUT2D eigenvalue weighted by Crippen LogP contribution is 2.26. The molecule has 1 aromatic heterocycles. The zero-order valence-corrected chi connectivity index (χ0v) is 11.1. The third kappa shape index (κ3) is 2.78. The monoisotopic (exact) mass is 233 g/mol. The fourth-order valence-electron chi connectivity index (χ4n) is 2.59. The van der Waals surface area contributed by atoms with E-state index in [-0.39, 0.29) is 0 Å². The molecule has 0 saturated carbocycles. The van der Waals surface area contributed by atoms with Crippen molar-refractivity contribution < 1.29 is 0 Å². The van der Waals surface area contributed by atoms with E-state index in [4.69, 9.17) is 5.73 Å². The highest BCUT2D eigenvalue weighted by atomic mass is 15.2. The minimum Gasteiger partial charge on any atom is -0.354 e. The van der Waals surface area contributed by atoms with Gasteiger partial charge in [-0.2, -0.15) is 0 Å². The van der Waals surface area contributed by atoms with Crippen LogP contribution in [-0.2, 0) is 6.54 Å². The van der Waals surface area contributed by atoms with Crippen molar-refractivity contribution in [2.24, 2.45) is 11.7 Å². The molecular formula is C14H23N3. The maximum Gasteiger partial charge on any atom is 0.129 e. The molecule has 0 bridgehead atoms. The average molecular weight is 233 g/mol. The minimum atomic E-state index is 0.589. The van der Waals surface area contributed by atoms with Crippen LogP contribution in [0.1, 0.15) is 37.9 Å². The van der Waals surface area contributed by atoms with E-state index >= 15 is 0 Å². The summed E-state index contributed by atoms with van der Waals surface area (Å²) in [5.74, 6) is 1.86. The van der Waals surface area contributed by atoms with Gasteiger partial charge in [0.2, 0.25) is 0 Å².